The molecule has 30 heavy (non-hydrogen) atoms. The van der Waals surface area contributed by atoms with Crippen molar-refractivity contribution in [1.82, 2.24) is 15.3 Å². The number of nitrogens with zero attached hydrogens (tertiary/aromatic N) is 2. The van der Waals surface area contributed by atoms with E-state index in [4.69, 9.17) is 0 Å². The largest absolute Gasteiger partial charge is 0.335 e. The zero-order valence-corrected chi connectivity index (χ0v) is 17.2. The van der Waals surface area contributed by atoms with Crippen molar-refractivity contribution in [3.63, 3.8) is 0 Å². The van der Waals surface area contributed by atoms with Gasteiger partial charge < -0.3 is 5.32 Å². The zero-order chi connectivity index (χ0) is 20.8. The maximum atomic E-state index is 13.8. The lowest BCUT2D eigenvalue weighted by Crippen LogP contribution is -2.24. The van der Waals surface area contributed by atoms with Crippen molar-refractivity contribution in [2.75, 3.05) is 5.32 Å². The Hall–Kier alpha value is -3.43. The number of nitrogens with one attached hydrogen (secondary N) is 2. The van der Waals surface area contributed by atoms with Crippen LogP contribution in [0, 0.1) is 5.82 Å². The van der Waals surface area contributed by atoms with E-state index in [-0.39, 0.29) is 11.3 Å². The molecule has 0 unspecified atom stereocenters. The van der Waals surface area contributed by atoms with Gasteiger partial charge in [0.25, 0.3) is 11.8 Å². The van der Waals surface area contributed by atoms with Crippen LogP contribution in [0.3, 0.4) is 0 Å². The number of rotatable bonds is 4. The molecule has 0 saturated carbocycles. The summed E-state index contributed by atoms with van der Waals surface area (Å²) in [5.74, 6) is -0.628. The number of aromatic nitrogens is 2. The summed E-state index contributed by atoms with van der Waals surface area (Å²) >= 11 is 3.02. The summed E-state index contributed by atoms with van der Waals surface area (Å²) in [6.45, 7) is 1.57. The van der Waals surface area contributed by atoms with Crippen molar-refractivity contribution in [3.05, 3.63) is 64.2 Å². The van der Waals surface area contributed by atoms with E-state index in [0.717, 1.165) is 15.8 Å². The molecule has 2 amide bonds. The molecular weight excluding hydrogens is 423 g/mol. The first-order valence-corrected chi connectivity index (χ1v) is 10.7. The summed E-state index contributed by atoms with van der Waals surface area (Å²) in [7, 11) is 0. The maximum absolute atomic E-state index is 13.8. The van der Waals surface area contributed by atoms with Crippen LogP contribution in [0.2, 0.25) is 0 Å². The van der Waals surface area contributed by atoms with Crippen molar-refractivity contribution in [2.24, 2.45) is 0 Å². The maximum Gasteiger partial charge on any atom is 0.275 e. The lowest BCUT2D eigenvalue weighted by molar-refractivity contribution is -0.124. The van der Waals surface area contributed by atoms with Crippen molar-refractivity contribution in [3.8, 4) is 21.8 Å². The number of hydrogen-bond acceptors (Lipinski definition) is 7. The van der Waals surface area contributed by atoms with Gasteiger partial charge in [-0.15, -0.1) is 22.7 Å². The smallest absolute Gasteiger partial charge is 0.275 e. The third-order valence-corrected chi connectivity index (χ3v) is 6.49. The Kier molecular flexibility index (Phi) is 4.41. The second-order valence-electron chi connectivity index (χ2n) is 6.62. The summed E-state index contributed by atoms with van der Waals surface area (Å²) in [6.07, 6.45) is 0. The number of amides is 2. The van der Waals surface area contributed by atoms with E-state index in [9.17, 15) is 14.0 Å². The number of anilines is 1. The number of fused-ring (bicyclic) bond motifs is 1. The number of benzene rings is 1. The van der Waals surface area contributed by atoms with E-state index in [1.807, 2.05) is 22.9 Å². The van der Waals surface area contributed by atoms with Crippen LogP contribution in [-0.2, 0) is 9.59 Å². The minimum atomic E-state index is -0.510. The fourth-order valence-electron chi connectivity index (χ4n) is 3.21. The van der Waals surface area contributed by atoms with E-state index in [2.05, 4.69) is 20.6 Å². The van der Waals surface area contributed by atoms with E-state index < -0.39 is 17.6 Å². The van der Waals surface area contributed by atoms with Gasteiger partial charge in [-0.1, -0.05) is 18.2 Å². The highest BCUT2D eigenvalue weighted by atomic mass is 32.1. The first kappa shape index (κ1) is 18.6. The third-order valence-electron chi connectivity index (χ3n) is 4.72. The first-order chi connectivity index (χ1) is 14.5. The Balaban J connectivity index is 1.73. The van der Waals surface area contributed by atoms with Crippen LogP contribution < -0.4 is 10.6 Å². The molecule has 1 aliphatic heterocycles. The number of carbonyl (C=O) groups excluding carboxylic acids is 2. The number of thiophene rings is 2. The van der Waals surface area contributed by atoms with E-state index >= 15 is 0 Å². The number of hydrogen-bond donors (Lipinski definition) is 2. The van der Waals surface area contributed by atoms with Gasteiger partial charge in [0, 0.05) is 27.0 Å². The summed E-state index contributed by atoms with van der Waals surface area (Å²) < 4.78 is 13.8. The van der Waals surface area contributed by atoms with Gasteiger partial charge in [0.05, 0.1) is 5.39 Å². The summed E-state index contributed by atoms with van der Waals surface area (Å²) in [5.41, 5.74) is 1.88. The quantitative estimate of drug-likeness (QED) is 0.458. The van der Waals surface area contributed by atoms with Crippen molar-refractivity contribution in [1.29, 1.82) is 0 Å². The molecular formula is C21H13FN4O2S2. The standard InChI is InChI=1S/C21H13FN4O2S2/c1-10-16(20(28)26-19(10)27)23-18-15-13(14-6-3-7-29-14)9-30-21(15)25-17(24-18)11-4-2-5-12(22)8-11/h2-9H,1H3,(H2,23,24,25,26,27,28). The molecule has 3 aromatic heterocycles. The molecule has 2 N–H and O–H groups in total. The van der Waals surface area contributed by atoms with Crippen LogP contribution in [0.5, 0.6) is 0 Å². The molecule has 5 rings (SSSR count). The van der Waals surface area contributed by atoms with Gasteiger partial charge >= 0.3 is 0 Å². The molecule has 0 atom stereocenters. The average Bonchev–Trinajstić information content (AvgIpc) is 3.44. The summed E-state index contributed by atoms with van der Waals surface area (Å²) in [5, 5.41) is 10.0. The topological polar surface area (TPSA) is 84.0 Å². The lowest BCUT2D eigenvalue weighted by Gasteiger charge is -2.11. The van der Waals surface area contributed by atoms with Crippen LogP contribution in [-0.4, -0.2) is 21.8 Å². The SMILES string of the molecule is CC1=C(Nc2nc(-c3cccc(F)c3)nc3scc(-c4cccs4)c23)C(=O)NC1=O. The van der Waals surface area contributed by atoms with Crippen LogP contribution >= 0.6 is 22.7 Å². The second kappa shape index (κ2) is 7.12. The molecule has 0 aliphatic carbocycles. The van der Waals surface area contributed by atoms with Crippen molar-refractivity contribution >= 4 is 50.5 Å². The summed E-state index contributed by atoms with van der Waals surface area (Å²) in [4.78, 5) is 35.1. The number of imide groups is 1. The van der Waals surface area contributed by atoms with Gasteiger partial charge in [0.2, 0.25) is 0 Å². The van der Waals surface area contributed by atoms with Crippen molar-refractivity contribution < 1.29 is 14.0 Å². The predicted octanol–water partition coefficient (Wildman–Crippen LogP) is 4.57. The van der Waals surface area contributed by atoms with Crippen LogP contribution in [0.1, 0.15) is 6.92 Å². The molecule has 0 bridgehead atoms. The molecule has 0 radical (unpaired) electrons. The highest BCUT2D eigenvalue weighted by Gasteiger charge is 2.29. The minimum Gasteiger partial charge on any atom is -0.335 e. The molecule has 148 valence electrons. The molecule has 1 aliphatic rings. The normalized spacial score (nSPS) is 13.9. The Morgan fingerprint density at radius 2 is 1.93 bits per heavy atom. The lowest BCUT2D eigenvalue weighted by atomic mass is 10.1. The third kappa shape index (κ3) is 3.08. The van der Waals surface area contributed by atoms with Gasteiger partial charge in [0.1, 0.15) is 22.2 Å². The molecule has 0 saturated heterocycles. The van der Waals surface area contributed by atoms with Gasteiger partial charge in [-0.05, 0) is 30.5 Å². The first-order valence-electron chi connectivity index (χ1n) is 8.94. The fourth-order valence-corrected chi connectivity index (χ4v) is 4.98. The Bertz CT molecular complexity index is 1360. The van der Waals surface area contributed by atoms with Crippen molar-refractivity contribution in [2.45, 2.75) is 6.92 Å². The van der Waals surface area contributed by atoms with E-state index in [1.54, 1.807) is 30.4 Å². The fraction of sp³-hybridized carbons (Fsp3) is 0.0476. The monoisotopic (exact) mass is 436 g/mol. The Labute approximate surface area is 178 Å². The van der Waals surface area contributed by atoms with Crippen LogP contribution in [0.25, 0.3) is 32.0 Å². The molecule has 0 spiro atoms. The van der Waals surface area contributed by atoms with Crippen LogP contribution in [0.15, 0.2) is 58.4 Å². The minimum absolute atomic E-state index is 0.147. The second-order valence-corrected chi connectivity index (χ2v) is 8.43. The molecule has 9 heteroatoms. The molecule has 0 fully saturated rings. The van der Waals surface area contributed by atoms with Gasteiger partial charge in [0.15, 0.2) is 5.82 Å². The number of halogens is 1. The predicted molar refractivity (Wildman–Crippen MR) is 116 cm³/mol. The number of carbonyl (C=O) groups is 2. The molecule has 1 aromatic carbocycles. The highest BCUT2D eigenvalue weighted by molar-refractivity contribution is 7.18. The van der Waals surface area contributed by atoms with Crippen LogP contribution in [0.4, 0.5) is 10.2 Å². The van der Waals surface area contributed by atoms with E-state index in [0.29, 0.717) is 22.0 Å². The van der Waals surface area contributed by atoms with Gasteiger partial charge in [-0.25, -0.2) is 14.4 Å². The van der Waals surface area contributed by atoms with Gasteiger partial charge in [-0.2, -0.15) is 0 Å². The summed E-state index contributed by atoms with van der Waals surface area (Å²) in [6, 6.07) is 9.96. The average molecular weight is 436 g/mol. The molecule has 4 heterocycles. The highest BCUT2D eigenvalue weighted by Crippen LogP contribution is 2.40. The van der Waals surface area contributed by atoms with E-state index in [1.165, 1.54) is 23.5 Å². The van der Waals surface area contributed by atoms with Gasteiger partial charge in [-0.3, -0.25) is 14.9 Å². The Morgan fingerprint density at radius 1 is 1.07 bits per heavy atom. The molecule has 4 aromatic rings. The molecule has 6 nitrogen and oxygen atoms in total. The Morgan fingerprint density at radius 3 is 2.63 bits per heavy atom. The zero-order valence-electron chi connectivity index (χ0n) is 15.5.